The summed E-state index contributed by atoms with van der Waals surface area (Å²) < 4.78 is 6.04. The Morgan fingerprint density at radius 1 is 1.47 bits per heavy atom. The lowest BCUT2D eigenvalue weighted by Gasteiger charge is -2.17. The van der Waals surface area contributed by atoms with Crippen LogP contribution in [0, 0.1) is 0 Å². The lowest BCUT2D eigenvalue weighted by atomic mass is 10.1. The van der Waals surface area contributed by atoms with E-state index in [1.54, 1.807) is 10.9 Å². The Balaban J connectivity index is 2.53. The quantitative estimate of drug-likeness (QED) is 0.633. The molecule has 1 amide bonds. The van der Waals surface area contributed by atoms with Gasteiger partial charge in [-0.25, -0.2) is 9.48 Å². The monoisotopic (exact) mass is 266 g/mol. The van der Waals surface area contributed by atoms with Crippen LogP contribution in [0.2, 0.25) is 0 Å². The van der Waals surface area contributed by atoms with Crippen LogP contribution in [-0.2, 0) is 15.1 Å². The lowest BCUT2D eigenvalue weighted by Crippen LogP contribution is -2.24. The zero-order valence-electron chi connectivity index (χ0n) is 11.5. The van der Waals surface area contributed by atoms with Gasteiger partial charge in [0.15, 0.2) is 5.69 Å². The van der Waals surface area contributed by atoms with E-state index in [1.807, 2.05) is 20.8 Å². The Kier molecular flexibility index (Phi) is 4.80. The smallest absolute Gasteiger partial charge is 0.330 e. The Hall–Kier alpha value is -2.18. The Morgan fingerprint density at radius 2 is 2.16 bits per heavy atom. The maximum absolute atomic E-state index is 11.7. The van der Waals surface area contributed by atoms with Gasteiger partial charge in [0.05, 0.1) is 18.8 Å². The predicted molar refractivity (Wildman–Crippen MR) is 68.5 cm³/mol. The normalized spacial score (nSPS) is 11.6. The SMILES string of the molecule is COC(=O)/C=C/CNC(=O)c1cn(C(C)(C)C)nn1. The van der Waals surface area contributed by atoms with E-state index in [0.29, 0.717) is 0 Å². The minimum Gasteiger partial charge on any atom is -0.466 e. The molecule has 0 radical (unpaired) electrons. The molecule has 0 fully saturated rings. The molecule has 1 aromatic rings. The van der Waals surface area contributed by atoms with E-state index in [9.17, 15) is 9.59 Å². The second-order valence-electron chi connectivity index (χ2n) is 4.85. The van der Waals surface area contributed by atoms with Crippen molar-refractivity contribution < 1.29 is 14.3 Å². The van der Waals surface area contributed by atoms with Gasteiger partial charge in [-0.05, 0) is 20.8 Å². The summed E-state index contributed by atoms with van der Waals surface area (Å²) in [6, 6.07) is 0. The molecule has 0 aliphatic heterocycles. The molecule has 0 saturated carbocycles. The third kappa shape index (κ3) is 4.53. The summed E-state index contributed by atoms with van der Waals surface area (Å²) in [4.78, 5) is 22.5. The van der Waals surface area contributed by atoms with Gasteiger partial charge < -0.3 is 10.1 Å². The summed E-state index contributed by atoms with van der Waals surface area (Å²) >= 11 is 0. The summed E-state index contributed by atoms with van der Waals surface area (Å²) in [6.07, 6.45) is 4.32. The molecule has 104 valence electrons. The molecule has 0 bridgehead atoms. The molecule has 0 saturated heterocycles. The van der Waals surface area contributed by atoms with Crippen LogP contribution < -0.4 is 5.32 Å². The molecule has 0 spiro atoms. The molecule has 1 heterocycles. The van der Waals surface area contributed by atoms with E-state index in [1.165, 1.54) is 19.3 Å². The van der Waals surface area contributed by atoms with Gasteiger partial charge in [0.2, 0.25) is 0 Å². The fourth-order valence-corrected chi connectivity index (χ4v) is 1.16. The van der Waals surface area contributed by atoms with E-state index in [0.717, 1.165) is 0 Å². The van der Waals surface area contributed by atoms with Gasteiger partial charge in [0, 0.05) is 12.6 Å². The number of esters is 1. The number of hydrogen-bond donors (Lipinski definition) is 1. The largest absolute Gasteiger partial charge is 0.466 e. The Morgan fingerprint density at radius 3 is 2.68 bits per heavy atom. The maximum Gasteiger partial charge on any atom is 0.330 e. The van der Waals surface area contributed by atoms with Crippen molar-refractivity contribution in [1.29, 1.82) is 0 Å². The van der Waals surface area contributed by atoms with Crippen molar-refractivity contribution in [3.05, 3.63) is 24.0 Å². The first-order chi connectivity index (χ1) is 8.84. The molecule has 1 N–H and O–H groups in total. The van der Waals surface area contributed by atoms with Crippen LogP contribution in [0.25, 0.3) is 0 Å². The molecule has 0 aliphatic rings. The number of amides is 1. The van der Waals surface area contributed by atoms with Crippen molar-refractivity contribution in [3.8, 4) is 0 Å². The lowest BCUT2D eigenvalue weighted by molar-refractivity contribution is -0.134. The molecule has 7 heteroatoms. The molecular weight excluding hydrogens is 248 g/mol. The summed E-state index contributed by atoms with van der Waals surface area (Å²) in [6.45, 7) is 6.10. The van der Waals surface area contributed by atoms with E-state index in [2.05, 4.69) is 20.4 Å². The summed E-state index contributed by atoms with van der Waals surface area (Å²) in [5.74, 6) is -0.807. The highest BCUT2D eigenvalue weighted by Crippen LogP contribution is 2.11. The number of aromatic nitrogens is 3. The minimum atomic E-state index is -0.465. The molecule has 0 atom stereocenters. The molecule has 1 rings (SSSR count). The zero-order valence-corrected chi connectivity index (χ0v) is 11.5. The Bertz CT molecular complexity index is 485. The molecule has 7 nitrogen and oxygen atoms in total. The third-order valence-electron chi connectivity index (χ3n) is 2.25. The standard InChI is InChI=1S/C12H18N4O3/c1-12(2,3)16-8-9(14-15-16)11(18)13-7-5-6-10(17)19-4/h5-6,8H,7H2,1-4H3,(H,13,18)/b6-5+. The first kappa shape index (κ1) is 14.9. The average Bonchev–Trinajstić information content (AvgIpc) is 2.83. The van der Waals surface area contributed by atoms with Gasteiger partial charge in [-0.2, -0.15) is 0 Å². The number of hydrogen-bond acceptors (Lipinski definition) is 5. The topological polar surface area (TPSA) is 86.1 Å². The number of nitrogens with zero attached hydrogens (tertiary/aromatic N) is 3. The fraction of sp³-hybridized carbons (Fsp3) is 0.500. The minimum absolute atomic E-state index is 0.219. The van der Waals surface area contributed by atoms with Gasteiger partial charge in [-0.15, -0.1) is 5.10 Å². The number of rotatable bonds is 4. The average molecular weight is 266 g/mol. The molecule has 1 aromatic heterocycles. The van der Waals surface area contributed by atoms with Crippen LogP contribution in [0.15, 0.2) is 18.3 Å². The van der Waals surface area contributed by atoms with Crippen molar-refractivity contribution >= 4 is 11.9 Å². The van der Waals surface area contributed by atoms with Crippen LogP contribution in [-0.4, -0.2) is 40.5 Å². The van der Waals surface area contributed by atoms with Crippen molar-refractivity contribution in [3.63, 3.8) is 0 Å². The van der Waals surface area contributed by atoms with Gasteiger partial charge in [0.25, 0.3) is 5.91 Å². The van der Waals surface area contributed by atoms with E-state index in [-0.39, 0.29) is 23.7 Å². The van der Waals surface area contributed by atoms with Gasteiger partial charge >= 0.3 is 5.97 Å². The maximum atomic E-state index is 11.7. The van der Waals surface area contributed by atoms with Gasteiger partial charge in [-0.1, -0.05) is 11.3 Å². The summed E-state index contributed by atoms with van der Waals surface area (Å²) in [5, 5.41) is 10.3. The number of carbonyl (C=O) groups is 2. The Labute approximate surface area is 111 Å². The second-order valence-corrected chi connectivity index (χ2v) is 4.85. The van der Waals surface area contributed by atoms with Crippen LogP contribution in [0.4, 0.5) is 0 Å². The third-order valence-corrected chi connectivity index (χ3v) is 2.25. The van der Waals surface area contributed by atoms with E-state index >= 15 is 0 Å². The first-order valence-corrected chi connectivity index (χ1v) is 5.80. The highest BCUT2D eigenvalue weighted by Gasteiger charge is 2.17. The van der Waals surface area contributed by atoms with Crippen molar-refractivity contribution in [2.24, 2.45) is 0 Å². The van der Waals surface area contributed by atoms with E-state index in [4.69, 9.17) is 0 Å². The molecule has 0 aliphatic carbocycles. The summed E-state index contributed by atoms with van der Waals surface area (Å²) in [5.41, 5.74) is 0.0115. The van der Waals surface area contributed by atoms with Gasteiger partial charge in [-0.3, -0.25) is 4.79 Å². The van der Waals surface area contributed by atoms with Crippen LogP contribution in [0.5, 0.6) is 0 Å². The second kappa shape index (κ2) is 6.12. The predicted octanol–water partition coefficient (Wildman–Crippen LogP) is 0.492. The van der Waals surface area contributed by atoms with Crippen molar-refractivity contribution in [1.82, 2.24) is 20.3 Å². The highest BCUT2D eigenvalue weighted by molar-refractivity contribution is 5.92. The fourth-order valence-electron chi connectivity index (χ4n) is 1.16. The zero-order chi connectivity index (χ0) is 14.5. The molecule has 0 unspecified atom stereocenters. The number of nitrogens with one attached hydrogen (secondary N) is 1. The molecular formula is C12H18N4O3. The van der Waals surface area contributed by atoms with Crippen LogP contribution in [0.1, 0.15) is 31.3 Å². The molecule has 0 aromatic carbocycles. The van der Waals surface area contributed by atoms with Gasteiger partial charge in [0.1, 0.15) is 0 Å². The van der Waals surface area contributed by atoms with Crippen LogP contribution in [0.3, 0.4) is 0 Å². The number of ether oxygens (including phenoxy) is 1. The van der Waals surface area contributed by atoms with Crippen LogP contribution >= 0.6 is 0 Å². The highest BCUT2D eigenvalue weighted by atomic mass is 16.5. The first-order valence-electron chi connectivity index (χ1n) is 5.80. The molecule has 19 heavy (non-hydrogen) atoms. The summed E-state index contributed by atoms with van der Waals surface area (Å²) in [7, 11) is 1.29. The van der Waals surface area contributed by atoms with Crippen molar-refractivity contribution in [2.75, 3.05) is 13.7 Å². The number of methoxy groups -OCH3 is 1. The number of carbonyl (C=O) groups excluding carboxylic acids is 2. The van der Waals surface area contributed by atoms with E-state index < -0.39 is 5.97 Å². The van der Waals surface area contributed by atoms with Crippen molar-refractivity contribution in [2.45, 2.75) is 26.3 Å².